The summed E-state index contributed by atoms with van der Waals surface area (Å²) in [7, 11) is 0. The number of aromatic hydroxyl groups is 1. The van der Waals surface area contributed by atoms with Gasteiger partial charge in [0.15, 0.2) is 0 Å². The molecule has 1 aromatic rings. The Kier molecular flexibility index (Phi) is 3.27. The SMILES string of the molecule is O=CCCN1CCN(c2ccccc2O)C1=O. The molecular weight excluding hydrogens is 220 g/mol. The van der Waals surface area contributed by atoms with Crippen LogP contribution < -0.4 is 4.90 Å². The Labute approximate surface area is 99.3 Å². The molecular formula is C12H14N2O3. The van der Waals surface area contributed by atoms with Gasteiger partial charge in [-0.05, 0) is 12.1 Å². The van der Waals surface area contributed by atoms with Gasteiger partial charge in [0.2, 0.25) is 0 Å². The van der Waals surface area contributed by atoms with E-state index in [9.17, 15) is 14.7 Å². The molecule has 0 unspecified atom stereocenters. The Morgan fingerprint density at radius 2 is 2.06 bits per heavy atom. The summed E-state index contributed by atoms with van der Waals surface area (Å²) in [6.45, 7) is 1.56. The number of carbonyl (C=O) groups excluding carboxylic acids is 2. The van der Waals surface area contributed by atoms with Crippen molar-refractivity contribution in [1.29, 1.82) is 0 Å². The molecule has 2 rings (SSSR count). The number of urea groups is 1. The molecule has 1 heterocycles. The molecule has 1 aliphatic heterocycles. The van der Waals surface area contributed by atoms with E-state index >= 15 is 0 Å². The summed E-state index contributed by atoms with van der Waals surface area (Å²) >= 11 is 0. The number of nitrogens with zero attached hydrogens (tertiary/aromatic N) is 2. The molecule has 17 heavy (non-hydrogen) atoms. The minimum atomic E-state index is -0.159. The lowest BCUT2D eigenvalue weighted by atomic mass is 10.3. The monoisotopic (exact) mass is 234 g/mol. The first-order valence-corrected chi connectivity index (χ1v) is 5.52. The third kappa shape index (κ3) is 2.22. The molecule has 1 N–H and O–H groups in total. The van der Waals surface area contributed by atoms with E-state index in [1.54, 1.807) is 29.2 Å². The number of hydrogen-bond donors (Lipinski definition) is 1. The first-order chi connectivity index (χ1) is 8.24. The van der Waals surface area contributed by atoms with Crippen molar-refractivity contribution in [3.8, 4) is 5.75 Å². The Morgan fingerprint density at radius 3 is 2.76 bits per heavy atom. The van der Waals surface area contributed by atoms with Crippen molar-refractivity contribution in [3.63, 3.8) is 0 Å². The number of amides is 2. The lowest BCUT2D eigenvalue weighted by molar-refractivity contribution is -0.108. The smallest absolute Gasteiger partial charge is 0.324 e. The quantitative estimate of drug-likeness (QED) is 0.797. The molecule has 0 spiro atoms. The van der Waals surface area contributed by atoms with E-state index in [-0.39, 0.29) is 11.8 Å². The largest absolute Gasteiger partial charge is 0.506 e. The van der Waals surface area contributed by atoms with Gasteiger partial charge in [-0.2, -0.15) is 0 Å². The van der Waals surface area contributed by atoms with Gasteiger partial charge in [0.1, 0.15) is 12.0 Å². The molecule has 0 aliphatic carbocycles. The molecule has 0 saturated carbocycles. The van der Waals surface area contributed by atoms with Crippen molar-refractivity contribution in [2.45, 2.75) is 6.42 Å². The van der Waals surface area contributed by atoms with Crippen molar-refractivity contribution < 1.29 is 14.7 Å². The molecule has 2 amide bonds. The second kappa shape index (κ2) is 4.86. The lowest BCUT2D eigenvalue weighted by Crippen LogP contribution is -2.32. The topological polar surface area (TPSA) is 60.9 Å². The Balaban J connectivity index is 2.12. The number of phenolic OH excluding ortho intramolecular Hbond substituents is 1. The maximum absolute atomic E-state index is 12.0. The second-order valence-electron chi connectivity index (χ2n) is 3.87. The summed E-state index contributed by atoms with van der Waals surface area (Å²) in [6.07, 6.45) is 1.15. The Hall–Kier alpha value is -2.04. The molecule has 0 bridgehead atoms. The predicted molar refractivity (Wildman–Crippen MR) is 63.1 cm³/mol. The summed E-state index contributed by atoms with van der Waals surface area (Å²) in [6, 6.07) is 6.58. The minimum Gasteiger partial charge on any atom is -0.506 e. The van der Waals surface area contributed by atoms with E-state index in [1.165, 1.54) is 4.90 Å². The van der Waals surface area contributed by atoms with Gasteiger partial charge >= 0.3 is 6.03 Å². The highest BCUT2D eigenvalue weighted by molar-refractivity contribution is 5.95. The van der Waals surface area contributed by atoms with Crippen LogP contribution in [0.15, 0.2) is 24.3 Å². The highest BCUT2D eigenvalue weighted by Gasteiger charge is 2.30. The molecule has 5 heteroatoms. The highest BCUT2D eigenvalue weighted by atomic mass is 16.3. The first-order valence-electron chi connectivity index (χ1n) is 5.52. The summed E-state index contributed by atoms with van der Waals surface area (Å²) in [5, 5.41) is 9.68. The average molecular weight is 234 g/mol. The summed E-state index contributed by atoms with van der Waals surface area (Å²) in [5.74, 6) is 0.0955. The maximum atomic E-state index is 12.0. The standard InChI is InChI=1S/C12H14N2O3/c15-9-3-6-13-7-8-14(12(13)17)10-4-1-2-5-11(10)16/h1-2,4-5,9,16H,3,6-8H2. The fourth-order valence-electron chi connectivity index (χ4n) is 1.91. The zero-order chi connectivity index (χ0) is 12.3. The van der Waals surface area contributed by atoms with Gasteiger partial charge in [0.25, 0.3) is 0 Å². The van der Waals surface area contributed by atoms with Gasteiger partial charge in [-0.25, -0.2) is 4.79 Å². The number of rotatable bonds is 4. The number of anilines is 1. The molecule has 1 fully saturated rings. The third-order valence-electron chi connectivity index (χ3n) is 2.78. The van der Waals surface area contributed by atoms with Crippen LogP contribution in [-0.4, -0.2) is 42.0 Å². The van der Waals surface area contributed by atoms with E-state index in [1.807, 2.05) is 0 Å². The van der Waals surface area contributed by atoms with Gasteiger partial charge in [-0.1, -0.05) is 12.1 Å². The van der Waals surface area contributed by atoms with Gasteiger partial charge in [0, 0.05) is 26.1 Å². The van der Waals surface area contributed by atoms with Crippen LogP contribution in [0.5, 0.6) is 5.75 Å². The number of benzene rings is 1. The normalized spacial score (nSPS) is 15.4. The van der Waals surface area contributed by atoms with Crippen molar-refractivity contribution in [2.24, 2.45) is 0 Å². The third-order valence-corrected chi connectivity index (χ3v) is 2.78. The minimum absolute atomic E-state index is 0.0955. The van der Waals surface area contributed by atoms with Gasteiger partial charge in [0.05, 0.1) is 5.69 Å². The van der Waals surface area contributed by atoms with Crippen LogP contribution in [-0.2, 0) is 4.79 Å². The van der Waals surface area contributed by atoms with Crippen molar-refractivity contribution in [2.75, 3.05) is 24.5 Å². The average Bonchev–Trinajstić information content (AvgIpc) is 2.69. The predicted octanol–water partition coefficient (Wildman–Crippen LogP) is 1.22. The molecule has 1 saturated heterocycles. The number of hydrogen-bond acceptors (Lipinski definition) is 3. The van der Waals surface area contributed by atoms with Crippen LogP contribution in [0.1, 0.15) is 6.42 Å². The molecule has 0 atom stereocenters. The van der Waals surface area contributed by atoms with E-state index in [4.69, 9.17) is 0 Å². The van der Waals surface area contributed by atoms with Crippen LogP contribution in [0.2, 0.25) is 0 Å². The highest BCUT2D eigenvalue weighted by Crippen LogP contribution is 2.29. The van der Waals surface area contributed by atoms with E-state index in [0.29, 0.717) is 31.7 Å². The summed E-state index contributed by atoms with van der Waals surface area (Å²) in [4.78, 5) is 25.4. The fraction of sp³-hybridized carbons (Fsp3) is 0.333. The number of para-hydroxylation sites is 2. The zero-order valence-electron chi connectivity index (χ0n) is 9.37. The van der Waals surface area contributed by atoms with E-state index in [2.05, 4.69) is 0 Å². The molecule has 5 nitrogen and oxygen atoms in total. The van der Waals surface area contributed by atoms with Crippen molar-refractivity contribution in [1.82, 2.24) is 4.90 Å². The maximum Gasteiger partial charge on any atom is 0.324 e. The summed E-state index contributed by atoms with van der Waals surface area (Å²) < 4.78 is 0. The Morgan fingerprint density at radius 1 is 1.29 bits per heavy atom. The first kappa shape index (κ1) is 11.4. The number of phenols is 1. The number of aldehydes is 1. The van der Waals surface area contributed by atoms with Gasteiger partial charge in [-0.15, -0.1) is 0 Å². The zero-order valence-corrected chi connectivity index (χ0v) is 9.37. The van der Waals surface area contributed by atoms with Crippen molar-refractivity contribution >= 4 is 18.0 Å². The lowest BCUT2D eigenvalue weighted by Gasteiger charge is -2.18. The number of carbonyl (C=O) groups is 2. The van der Waals surface area contributed by atoms with Crippen LogP contribution in [0.25, 0.3) is 0 Å². The molecule has 1 aromatic carbocycles. The van der Waals surface area contributed by atoms with Gasteiger partial charge in [-0.3, -0.25) is 4.90 Å². The van der Waals surface area contributed by atoms with E-state index < -0.39 is 0 Å². The van der Waals surface area contributed by atoms with Crippen LogP contribution in [0.4, 0.5) is 10.5 Å². The Bertz CT molecular complexity index is 434. The van der Waals surface area contributed by atoms with Crippen LogP contribution >= 0.6 is 0 Å². The molecule has 1 aliphatic rings. The van der Waals surface area contributed by atoms with Crippen LogP contribution in [0, 0.1) is 0 Å². The fourth-order valence-corrected chi connectivity index (χ4v) is 1.91. The molecule has 0 radical (unpaired) electrons. The van der Waals surface area contributed by atoms with Gasteiger partial charge < -0.3 is 14.8 Å². The second-order valence-corrected chi connectivity index (χ2v) is 3.87. The van der Waals surface area contributed by atoms with E-state index in [0.717, 1.165) is 6.29 Å². The van der Waals surface area contributed by atoms with Crippen molar-refractivity contribution in [3.05, 3.63) is 24.3 Å². The summed E-state index contributed by atoms with van der Waals surface area (Å²) in [5.41, 5.74) is 0.520. The van der Waals surface area contributed by atoms with Crippen LogP contribution in [0.3, 0.4) is 0 Å². The molecule has 90 valence electrons. The molecule has 0 aromatic heterocycles.